The number of para-hydroxylation sites is 1. The van der Waals surface area contributed by atoms with E-state index in [1.165, 1.54) is 12.1 Å². The van der Waals surface area contributed by atoms with Gasteiger partial charge in [-0.05, 0) is 12.1 Å². The van der Waals surface area contributed by atoms with Gasteiger partial charge in [-0.3, -0.25) is 0 Å². The maximum Gasteiger partial charge on any atom is 0.180 e. The summed E-state index contributed by atoms with van der Waals surface area (Å²) in [6.45, 7) is 0. The van der Waals surface area contributed by atoms with Crippen LogP contribution in [-0.2, 0) is 0 Å². The van der Waals surface area contributed by atoms with E-state index in [0.717, 1.165) is 0 Å². The topological polar surface area (TPSA) is 101 Å². The van der Waals surface area contributed by atoms with Crippen molar-refractivity contribution in [1.82, 2.24) is 6.15 Å². The van der Waals surface area contributed by atoms with E-state index in [2.05, 4.69) is 0 Å². The summed E-state index contributed by atoms with van der Waals surface area (Å²) in [6.07, 6.45) is 0. The van der Waals surface area contributed by atoms with E-state index in [-0.39, 0.29) is 23.3 Å². The number of benzene rings is 1. The lowest BCUT2D eigenvalue weighted by Crippen LogP contribution is -1.83. The summed E-state index contributed by atoms with van der Waals surface area (Å²) < 4.78 is 0. The van der Waals surface area contributed by atoms with Crippen LogP contribution < -0.4 is 11.9 Å². The van der Waals surface area contributed by atoms with Gasteiger partial charge in [0.05, 0.1) is 5.69 Å². The second kappa shape index (κ2) is 2.93. The van der Waals surface area contributed by atoms with Crippen LogP contribution in [0.25, 0.3) is 0 Å². The molecule has 0 aliphatic carbocycles. The fourth-order valence-corrected chi connectivity index (χ4v) is 0.549. The monoisotopic (exact) mass is 142 g/mol. The van der Waals surface area contributed by atoms with Crippen molar-refractivity contribution in [3.8, 4) is 11.5 Å². The molecule has 0 unspecified atom stereocenters. The Balaban J connectivity index is 0.000000810. The Labute approximate surface area is 58.5 Å². The normalized spacial score (nSPS) is 8.40. The van der Waals surface area contributed by atoms with Crippen molar-refractivity contribution in [2.24, 2.45) is 0 Å². The van der Waals surface area contributed by atoms with Gasteiger partial charge in [0.15, 0.2) is 11.5 Å². The Morgan fingerprint density at radius 2 is 1.80 bits per heavy atom. The highest BCUT2D eigenvalue weighted by Gasteiger charge is 1.98. The smallest absolute Gasteiger partial charge is 0.180 e. The third-order valence-electron chi connectivity index (χ3n) is 1.05. The number of nitrogen functional groups attached to an aromatic ring is 1. The van der Waals surface area contributed by atoms with Gasteiger partial charge in [0, 0.05) is 0 Å². The van der Waals surface area contributed by atoms with Crippen LogP contribution in [0.2, 0.25) is 0 Å². The zero-order valence-electron chi connectivity index (χ0n) is 5.41. The second-order valence-corrected chi connectivity index (χ2v) is 1.71. The molecular formula is C6H10N2O2. The van der Waals surface area contributed by atoms with Crippen molar-refractivity contribution >= 4 is 5.69 Å². The molecule has 0 heterocycles. The van der Waals surface area contributed by atoms with Crippen molar-refractivity contribution in [1.29, 1.82) is 0 Å². The van der Waals surface area contributed by atoms with Crippen LogP contribution in [0.1, 0.15) is 0 Å². The molecule has 4 nitrogen and oxygen atoms in total. The Morgan fingerprint density at radius 3 is 2.20 bits per heavy atom. The summed E-state index contributed by atoms with van der Waals surface area (Å²) in [5.41, 5.74) is 5.40. The lowest BCUT2D eigenvalue weighted by Gasteiger charge is -1.97. The van der Waals surface area contributed by atoms with E-state index in [9.17, 15) is 0 Å². The maximum atomic E-state index is 8.83. The number of hydrogen-bond acceptors (Lipinski definition) is 4. The van der Waals surface area contributed by atoms with Crippen LogP contribution in [0.15, 0.2) is 18.2 Å². The third kappa shape index (κ3) is 1.29. The first-order chi connectivity index (χ1) is 4.22. The predicted molar refractivity (Wildman–Crippen MR) is 39.2 cm³/mol. The van der Waals surface area contributed by atoms with E-state index >= 15 is 0 Å². The fourth-order valence-electron chi connectivity index (χ4n) is 0.549. The summed E-state index contributed by atoms with van der Waals surface area (Å²) in [7, 11) is 0. The highest BCUT2D eigenvalue weighted by molar-refractivity contribution is 5.58. The van der Waals surface area contributed by atoms with E-state index < -0.39 is 0 Å². The van der Waals surface area contributed by atoms with Crippen molar-refractivity contribution in [3.63, 3.8) is 0 Å². The zero-order chi connectivity index (χ0) is 6.85. The molecule has 0 aliphatic rings. The van der Waals surface area contributed by atoms with Crippen LogP contribution in [0.4, 0.5) is 5.69 Å². The molecule has 0 bridgehead atoms. The lowest BCUT2D eigenvalue weighted by molar-refractivity contribution is 0.405. The number of phenols is 2. The molecule has 0 aliphatic heterocycles. The average molecular weight is 142 g/mol. The van der Waals surface area contributed by atoms with Gasteiger partial charge in [-0.1, -0.05) is 6.07 Å². The Bertz CT molecular complexity index is 205. The molecule has 56 valence electrons. The van der Waals surface area contributed by atoms with Crippen LogP contribution in [0, 0.1) is 0 Å². The van der Waals surface area contributed by atoms with Gasteiger partial charge in [0.1, 0.15) is 0 Å². The van der Waals surface area contributed by atoms with Gasteiger partial charge < -0.3 is 22.1 Å². The van der Waals surface area contributed by atoms with Crippen molar-refractivity contribution in [3.05, 3.63) is 18.2 Å². The molecule has 0 spiro atoms. The van der Waals surface area contributed by atoms with Crippen molar-refractivity contribution < 1.29 is 10.2 Å². The molecule has 0 amide bonds. The largest absolute Gasteiger partial charge is 0.504 e. The molecule has 0 saturated carbocycles. The van der Waals surface area contributed by atoms with Crippen LogP contribution in [0.5, 0.6) is 11.5 Å². The molecule has 0 aromatic heterocycles. The Kier molecular flexibility index (Phi) is 2.52. The average Bonchev–Trinajstić information content (AvgIpc) is 1.83. The van der Waals surface area contributed by atoms with Gasteiger partial charge in [0.2, 0.25) is 0 Å². The molecule has 10 heavy (non-hydrogen) atoms. The van der Waals surface area contributed by atoms with Crippen molar-refractivity contribution in [2.45, 2.75) is 0 Å². The first kappa shape index (κ1) is 8.58. The first-order valence-corrected chi connectivity index (χ1v) is 2.48. The zero-order valence-corrected chi connectivity index (χ0v) is 5.41. The first-order valence-electron chi connectivity index (χ1n) is 2.48. The van der Waals surface area contributed by atoms with E-state index in [1.54, 1.807) is 6.07 Å². The number of anilines is 1. The van der Waals surface area contributed by atoms with Gasteiger partial charge in [-0.25, -0.2) is 0 Å². The standard InChI is InChI=1S/C6H7NO2.H3N/c7-4-2-1-3-5(8)6(4)9;/h1-3,8-9H,7H2;1H3. The number of hydrogen-bond donors (Lipinski definition) is 4. The van der Waals surface area contributed by atoms with Gasteiger partial charge in [-0.15, -0.1) is 0 Å². The van der Waals surface area contributed by atoms with Crippen LogP contribution >= 0.6 is 0 Å². The molecule has 7 N–H and O–H groups in total. The second-order valence-electron chi connectivity index (χ2n) is 1.71. The maximum absolute atomic E-state index is 8.83. The number of rotatable bonds is 0. The van der Waals surface area contributed by atoms with Gasteiger partial charge in [-0.2, -0.15) is 0 Å². The Morgan fingerprint density at radius 1 is 1.20 bits per heavy atom. The predicted octanol–water partition coefficient (Wildman–Crippen LogP) is 0.842. The Hall–Kier alpha value is -1.42. The molecule has 0 atom stereocenters. The van der Waals surface area contributed by atoms with Gasteiger partial charge >= 0.3 is 0 Å². The number of nitrogens with two attached hydrogens (primary N) is 1. The van der Waals surface area contributed by atoms with Crippen LogP contribution in [-0.4, -0.2) is 10.2 Å². The molecule has 1 rings (SSSR count). The van der Waals surface area contributed by atoms with Crippen LogP contribution in [0.3, 0.4) is 0 Å². The summed E-state index contributed by atoms with van der Waals surface area (Å²) in [6, 6.07) is 4.44. The minimum atomic E-state index is -0.252. The molecule has 0 saturated heterocycles. The third-order valence-corrected chi connectivity index (χ3v) is 1.05. The highest BCUT2D eigenvalue weighted by Crippen LogP contribution is 2.29. The fraction of sp³-hybridized carbons (Fsp3) is 0. The van der Waals surface area contributed by atoms with Crippen molar-refractivity contribution in [2.75, 3.05) is 5.73 Å². The SMILES string of the molecule is N.Nc1cccc(O)c1O. The summed E-state index contributed by atoms with van der Waals surface area (Å²) in [4.78, 5) is 0. The molecule has 4 heteroatoms. The lowest BCUT2D eigenvalue weighted by atomic mass is 10.3. The summed E-state index contributed by atoms with van der Waals surface area (Å²) in [5, 5.41) is 17.6. The minimum Gasteiger partial charge on any atom is -0.504 e. The summed E-state index contributed by atoms with van der Waals surface area (Å²) in [5.74, 6) is -0.437. The van der Waals surface area contributed by atoms with E-state index in [1.807, 2.05) is 0 Å². The van der Waals surface area contributed by atoms with E-state index in [4.69, 9.17) is 15.9 Å². The molecular weight excluding hydrogens is 132 g/mol. The molecule has 0 fully saturated rings. The number of aromatic hydroxyl groups is 2. The van der Waals surface area contributed by atoms with E-state index in [0.29, 0.717) is 0 Å². The van der Waals surface area contributed by atoms with Gasteiger partial charge in [0.25, 0.3) is 0 Å². The molecule has 1 aromatic carbocycles. The highest BCUT2D eigenvalue weighted by atomic mass is 16.3. The summed E-state index contributed by atoms with van der Waals surface area (Å²) >= 11 is 0. The minimum absolute atomic E-state index is 0. The quantitative estimate of drug-likeness (QED) is 0.318. The molecule has 1 aromatic rings. The molecule has 0 radical (unpaired) electrons. The number of phenolic OH excluding ortho intramolecular Hbond substituents is 2.